The van der Waals surface area contributed by atoms with Crippen molar-refractivity contribution in [1.82, 2.24) is 25.3 Å². The Bertz CT molecular complexity index is 1760. The predicted octanol–water partition coefficient (Wildman–Crippen LogP) is 4.26. The lowest BCUT2D eigenvalue weighted by atomic mass is 9.84. The molecule has 0 unspecified atom stereocenters. The van der Waals surface area contributed by atoms with Gasteiger partial charge in [-0.25, -0.2) is 0 Å². The van der Waals surface area contributed by atoms with Gasteiger partial charge in [0.25, 0.3) is 0 Å². The summed E-state index contributed by atoms with van der Waals surface area (Å²) in [5.41, 5.74) is 2.20. The van der Waals surface area contributed by atoms with Gasteiger partial charge in [0.1, 0.15) is 12.1 Å². The van der Waals surface area contributed by atoms with Gasteiger partial charge in [-0.3, -0.25) is 28.8 Å². The summed E-state index contributed by atoms with van der Waals surface area (Å²) in [6.07, 6.45) is -0.639. The minimum atomic E-state index is -1.21. The Kier molecular flexibility index (Phi) is 15.6. The van der Waals surface area contributed by atoms with E-state index in [-0.39, 0.29) is 31.0 Å². The topological polar surface area (TPSA) is 145 Å². The van der Waals surface area contributed by atoms with Crippen molar-refractivity contribution >= 4 is 47.1 Å². The molecule has 1 aliphatic heterocycles. The molecule has 4 atom stereocenters. The lowest BCUT2D eigenvalue weighted by molar-refractivity contribution is -0.147. The van der Waals surface area contributed by atoms with Crippen LogP contribution < -0.4 is 10.6 Å². The first kappa shape index (κ1) is 44.7. The lowest BCUT2D eigenvalue weighted by Crippen LogP contribution is -2.58. The zero-order valence-electron chi connectivity index (χ0n) is 34.3. The number of carbonyl (C=O) groups excluding carboxylic acids is 6. The number of ketones is 1. The van der Waals surface area contributed by atoms with Crippen LogP contribution in [0.5, 0.6) is 0 Å². The number of hydrogen-bond donors (Lipinski definition) is 2. The van der Waals surface area contributed by atoms with E-state index in [0.717, 1.165) is 16.7 Å². The molecule has 12 nitrogen and oxygen atoms in total. The van der Waals surface area contributed by atoms with Crippen molar-refractivity contribution in [3.05, 3.63) is 108 Å². The Balaban J connectivity index is 1.76. The van der Waals surface area contributed by atoms with Crippen LogP contribution in [-0.2, 0) is 38.3 Å². The van der Waals surface area contributed by atoms with Gasteiger partial charge >= 0.3 is 0 Å². The average molecular weight is 800 g/mol. The van der Waals surface area contributed by atoms with Gasteiger partial charge in [0.15, 0.2) is 5.78 Å². The number of thioether (sulfide) groups is 1. The molecule has 0 radical (unpaired) electrons. The van der Waals surface area contributed by atoms with Crippen LogP contribution in [0.1, 0.15) is 64.2 Å². The molecule has 4 rings (SSSR count). The molecule has 0 saturated carbocycles. The van der Waals surface area contributed by atoms with E-state index < -0.39 is 70.5 Å². The minimum absolute atomic E-state index is 0.0788. The molecule has 0 aliphatic carbocycles. The first-order valence-electron chi connectivity index (χ1n) is 19.3. The summed E-state index contributed by atoms with van der Waals surface area (Å²) in [4.78, 5) is 86.3. The highest BCUT2D eigenvalue weighted by Gasteiger charge is 2.40. The Labute approximate surface area is 341 Å². The van der Waals surface area contributed by atoms with Crippen LogP contribution in [0.2, 0.25) is 0 Å². The third-order valence-corrected chi connectivity index (χ3v) is 11.5. The summed E-state index contributed by atoms with van der Waals surface area (Å²) in [7, 11) is 4.40. The van der Waals surface area contributed by atoms with Crippen LogP contribution in [-0.4, -0.2) is 120 Å². The van der Waals surface area contributed by atoms with Gasteiger partial charge in [-0.15, -0.1) is 11.8 Å². The molecule has 1 heterocycles. The molecular weight excluding hydrogens is 743 g/mol. The number of carbonyl (C=O) groups is 6. The molecule has 2 N–H and O–H groups in total. The van der Waals surface area contributed by atoms with E-state index in [1.54, 1.807) is 13.8 Å². The number of amides is 5. The van der Waals surface area contributed by atoms with Crippen molar-refractivity contribution in [3.63, 3.8) is 0 Å². The number of Topliss-reactive ketones (excluding diaryl/α,β-unsaturated/α-hetero) is 1. The maximum atomic E-state index is 14.4. The Morgan fingerprint density at radius 1 is 0.667 bits per heavy atom. The predicted molar refractivity (Wildman–Crippen MR) is 222 cm³/mol. The number of nitrogens with zero attached hydrogens (tertiary/aromatic N) is 3. The fraction of sp³-hybridized carbons (Fsp3) is 0.455. The van der Waals surface area contributed by atoms with Gasteiger partial charge in [0, 0.05) is 39.2 Å². The van der Waals surface area contributed by atoms with Gasteiger partial charge in [0.05, 0.1) is 36.1 Å². The molecule has 1 fully saturated rings. The van der Waals surface area contributed by atoms with E-state index in [1.807, 2.05) is 112 Å². The third kappa shape index (κ3) is 11.8. The van der Waals surface area contributed by atoms with E-state index in [9.17, 15) is 28.8 Å². The quantitative estimate of drug-likeness (QED) is 0.306. The van der Waals surface area contributed by atoms with Crippen LogP contribution in [0, 0.1) is 5.92 Å². The fourth-order valence-electron chi connectivity index (χ4n) is 7.11. The number of hydrogen-bond acceptors (Lipinski definition) is 8. The second-order valence-electron chi connectivity index (χ2n) is 15.6. The third-order valence-electron chi connectivity index (χ3n) is 9.85. The minimum Gasteiger partial charge on any atom is -0.370 e. The van der Waals surface area contributed by atoms with E-state index in [2.05, 4.69) is 10.6 Å². The van der Waals surface area contributed by atoms with Crippen molar-refractivity contribution in [2.45, 2.75) is 76.0 Å². The molecule has 306 valence electrons. The normalized spacial score (nSPS) is 20.8. The molecule has 0 bridgehead atoms. The van der Waals surface area contributed by atoms with Crippen LogP contribution in [0.25, 0.3) is 0 Å². The largest absolute Gasteiger partial charge is 0.370 e. The fourth-order valence-corrected chi connectivity index (χ4v) is 8.66. The summed E-state index contributed by atoms with van der Waals surface area (Å²) in [5.74, 6) is -3.71. The van der Waals surface area contributed by atoms with Crippen molar-refractivity contribution in [3.8, 4) is 0 Å². The van der Waals surface area contributed by atoms with Crippen LogP contribution in [0.4, 0.5) is 0 Å². The SMILES string of the molecule is CC[C@@H]1CC(=O)CN(C)C(=O)[C@H](CSC(c2ccccc2)(c2ccccc2)c2ccccc2)NC(=O)CN(C)C(=O)[C@H]([C@@H](C)OC(C)(C)C)NC(=O)CN(C)C1=O. The summed E-state index contributed by atoms with van der Waals surface area (Å²) in [6.45, 7) is 7.79. The van der Waals surface area contributed by atoms with E-state index in [4.69, 9.17) is 4.74 Å². The number of benzene rings is 3. The molecular formula is C44H57N5O7S. The Morgan fingerprint density at radius 2 is 1.11 bits per heavy atom. The van der Waals surface area contributed by atoms with Crippen LogP contribution in [0.3, 0.4) is 0 Å². The molecule has 1 aliphatic rings. The highest BCUT2D eigenvalue weighted by molar-refractivity contribution is 8.00. The number of likely N-dealkylation sites (N-methyl/N-ethyl adjacent to an activating group) is 3. The maximum absolute atomic E-state index is 14.4. The lowest BCUT2D eigenvalue weighted by Gasteiger charge is -2.37. The molecule has 5 amide bonds. The van der Waals surface area contributed by atoms with E-state index in [1.165, 1.54) is 47.6 Å². The van der Waals surface area contributed by atoms with Gasteiger partial charge in [-0.1, -0.05) is 97.9 Å². The highest BCUT2D eigenvalue weighted by atomic mass is 32.2. The van der Waals surface area contributed by atoms with Crippen LogP contribution >= 0.6 is 11.8 Å². The molecule has 57 heavy (non-hydrogen) atoms. The second-order valence-corrected chi connectivity index (χ2v) is 16.9. The molecule has 1 saturated heterocycles. The standard InChI is InChI=1S/C44H57N5O7S/c1-9-31-25-35(50)26-47(6)41(54)36(29-57-44(32-19-13-10-14-20-32,33-21-15-11-16-22-33)34-23-17-12-18-24-34)45-37(51)27-49(8)42(55)39(30(2)56-43(3,4)5)46-38(52)28-48(7)40(31)53/h10-24,30-31,36,39H,9,25-29H2,1-8H3,(H,45,51)(H,46,52)/t30-,31-,36+,39+/m1/s1. The average Bonchev–Trinajstić information content (AvgIpc) is 3.18. The second kappa shape index (κ2) is 19.9. The first-order valence-corrected chi connectivity index (χ1v) is 20.3. The molecule has 13 heteroatoms. The van der Waals surface area contributed by atoms with Gasteiger partial charge < -0.3 is 30.1 Å². The zero-order valence-corrected chi connectivity index (χ0v) is 35.1. The summed E-state index contributed by atoms with van der Waals surface area (Å²) >= 11 is 1.47. The number of ether oxygens (including phenoxy) is 1. The van der Waals surface area contributed by atoms with Gasteiger partial charge in [0.2, 0.25) is 29.5 Å². The maximum Gasteiger partial charge on any atom is 0.248 e. The van der Waals surface area contributed by atoms with E-state index in [0.29, 0.717) is 6.42 Å². The highest BCUT2D eigenvalue weighted by Crippen LogP contribution is 2.48. The monoisotopic (exact) mass is 799 g/mol. The molecule has 0 aromatic heterocycles. The Morgan fingerprint density at radius 3 is 1.56 bits per heavy atom. The van der Waals surface area contributed by atoms with Crippen molar-refractivity contribution in [2.75, 3.05) is 46.5 Å². The van der Waals surface area contributed by atoms with Crippen LogP contribution in [0.15, 0.2) is 91.0 Å². The smallest absolute Gasteiger partial charge is 0.248 e. The number of rotatable bonds is 9. The molecule has 3 aromatic carbocycles. The number of nitrogens with one attached hydrogen (secondary N) is 2. The van der Waals surface area contributed by atoms with Crippen molar-refractivity contribution in [1.29, 1.82) is 0 Å². The Hall–Kier alpha value is -5.01. The van der Waals surface area contributed by atoms with Crippen molar-refractivity contribution < 1.29 is 33.5 Å². The van der Waals surface area contributed by atoms with Gasteiger partial charge in [-0.2, -0.15) is 0 Å². The van der Waals surface area contributed by atoms with Gasteiger partial charge in [-0.05, 0) is 50.8 Å². The molecule has 0 spiro atoms. The summed E-state index contributed by atoms with van der Waals surface area (Å²) in [5, 5.41) is 5.61. The van der Waals surface area contributed by atoms with Crippen molar-refractivity contribution in [2.24, 2.45) is 5.92 Å². The zero-order chi connectivity index (χ0) is 41.9. The molecule has 3 aromatic rings. The summed E-state index contributed by atoms with van der Waals surface area (Å²) in [6, 6.07) is 27.4. The summed E-state index contributed by atoms with van der Waals surface area (Å²) < 4.78 is 5.26. The first-order chi connectivity index (χ1) is 27.0. The van der Waals surface area contributed by atoms with E-state index >= 15 is 0 Å².